The van der Waals surface area contributed by atoms with Crippen molar-refractivity contribution in [2.45, 2.75) is 85.6 Å². The molecular weight excluding hydrogens is 494 g/mol. The summed E-state index contributed by atoms with van der Waals surface area (Å²) in [5.41, 5.74) is 2.07. The van der Waals surface area contributed by atoms with Crippen LogP contribution in [0.15, 0.2) is 42.0 Å². The van der Waals surface area contributed by atoms with Crippen LogP contribution in [0, 0.1) is 5.41 Å². The lowest BCUT2D eigenvalue weighted by atomic mass is 9.83. The summed E-state index contributed by atoms with van der Waals surface area (Å²) < 4.78 is 0. The highest BCUT2D eigenvalue weighted by atomic mass is 16.3. The van der Waals surface area contributed by atoms with Crippen LogP contribution >= 0.6 is 0 Å². The number of carbonyl (C=O) groups is 2. The van der Waals surface area contributed by atoms with Crippen LogP contribution in [0.5, 0.6) is 17.2 Å². The van der Waals surface area contributed by atoms with Crippen molar-refractivity contribution >= 4 is 28.9 Å². The van der Waals surface area contributed by atoms with Gasteiger partial charge in [0, 0.05) is 31.1 Å². The lowest BCUT2D eigenvalue weighted by Crippen LogP contribution is -2.45. The number of nitrogens with one attached hydrogen (secondary N) is 2. The van der Waals surface area contributed by atoms with Crippen molar-refractivity contribution < 1.29 is 24.9 Å². The summed E-state index contributed by atoms with van der Waals surface area (Å²) in [6, 6.07) is 7.28. The van der Waals surface area contributed by atoms with Crippen molar-refractivity contribution in [3.05, 3.63) is 47.5 Å². The number of rotatable bonds is 10. The number of phenolic OH excluding ortho intramolecular Hbond substituents is 3. The Balaban J connectivity index is 1.75. The van der Waals surface area contributed by atoms with E-state index in [1.807, 2.05) is 13.0 Å². The number of hydrogen-bond acceptors (Lipinski definition) is 6. The van der Waals surface area contributed by atoms with Gasteiger partial charge < -0.3 is 30.9 Å². The largest absolute Gasteiger partial charge is 0.508 e. The molecule has 0 aromatic heterocycles. The Bertz CT molecular complexity index is 1250. The summed E-state index contributed by atoms with van der Waals surface area (Å²) in [5.74, 6) is -0.907. The number of fused-ring (bicyclic) bond motifs is 2. The van der Waals surface area contributed by atoms with Crippen LogP contribution in [-0.4, -0.2) is 39.2 Å². The highest BCUT2D eigenvalue weighted by molar-refractivity contribution is 6.15. The van der Waals surface area contributed by atoms with Crippen LogP contribution in [-0.2, 0) is 4.79 Å². The lowest BCUT2D eigenvalue weighted by molar-refractivity contribution is -0.120. The molecule has 8 heteroatoms. The molecule has 1 aliphatic rings. The minimum absolute atomic E-state index is 0.0229. The van der Waals surface area contributed by atoms with E-state index in [-0.39, 0.29) is 63.5 Å². The molecule has 2 amide bonds. The predicted octanol–water partition coefficient (Wildman–Crippen LogP) is 6.74. The first-order valence-electron chi connectivity index (χ1n) is 13.6. The third-order valence-electron chi connectivity index (χ3n) is 7.20. The van der Waals surface area contributed by atoms with Gasteiger partial charge >= 0.3 is 0 Å². The molecule has 0 aliphatic carbocycles. The van der Waals surface area contributed by atoms with Gasteiger partial charge in [0.15, 0.2) is 0 Å². The summed E-state index contributed by atoms with van der Waals surface area (Å²) in [5, 5.41) is 37.2. The Kier molecular flexibility index (Phi) is 9.20. The molecule has 212 valence electrons. The summed E-state index contributed by atoms with van der Waals surface area (Å²) in [7, 11) is 0. The molecule has 1 atom stereocenters. The number of phenols is 3. The molecule has 2 aromatic carbocycles. The van der Waals surface area contributed by atoms with E-state index in [0.29, 0.717) is 5.69 Å². The van der Waals surface area contributed by atoms with E-state index < -0.39 is 0 Å². The minimum Gasteiger partial charge on any atom is -0.508 e. The number of carbonyl (C=O) groups excluding carboxylic acids is 2. The van der Waals surface area contributed by atoms with Gasteiger partial charge in [-0.05, 0) is 63.5 Å². The van der Waals surface area contributed by atoms with Crippen LogP contribution in [0.4, 0.5) is 17.1 Å². The van der Waals surface area contributed by atoms with Crippen molar-refractivity contribution in [3.8, 4) is 17.2 Å². The number of nitrogens with zero attached hydrogens (tertiary/aromatic N) is 1. The highest BCUT2D eigenvalue weighted by Crippen LogP contribution is 2.45. The van der Waals surface area contributed by atoms with Gasteiger partial charge in [-0.1, -0.05) is 44.9 Å². The van der Waals surface area contributed by atoms with Crippen molar-refractivity contribution in [2.24, 2.45) is 5.41 Å². The normalized spacial score (nSPS) is 15.1. The van der Waals surface area contributed by atoms with E-state index in [0.717, 1.165) is 44.1 Å². The molecule has 0 spiro atoms. The molecule has 1 heterocycles. The standard InChI is InChI=1S/C31H43N3O5/c1-20(10-8-15-31(6,33-21(2)35)16-9-14-30(3,4)5)13-17-34-24-18-22(36)19-26(38)28(24)32-27-23(29(34)39)11-7-12-25(27)37/h7,11-13,18-19,32,36-38H,8-10,14-17H2,1-6H3,(H,33,35)/b20-13+. The third kappa shape index (κ3) is 7.91. The Morgan fingerprint density at radius 3 is 2.33 bits per heavy atom. The quantitative estimate of drug-likeness (QED) is 0.130. The van der Waals surface area contributed by atoms with Gasteiger partial charge in [0.25, 0.3) is 5.91 Å². The molecule has 39 heavy (non-hydrogen) atoms. The molecule has 5 N–H and O–H groups in total. The molecule has 1 unspecified atom stereocenters. The number of hydrogen-bond donors (Lipinski definition) is 5. The summed E-state index contributed by atoms with van der Waals surface area (Å²) >= 11 is 0. The average Bonchev–Trinajstić information content (AvgIpc) is 2.92. The third-order valence-corrected chi connectivity index (χ3v) is 7.20. The zero-order valence-corrected chi connectivity index (χ0v) is 24.0. The Hall–Kier alpha value is -3.68. The first-order valence-corrected chi connectivity index (χ1v) is 13.6. The topological polar surface area (TPSA) is 122 Å². The van der Waals surface area contributed by atoms with Gasteiger partial charge in [-0.3, -0.25) is 9.59 Å². The van der Waals surface area contributed by atoms with Crippen LogP contribution < -0.4 is 15.5 Å². The van der Waals surface area contributed by atoms with Gasteiger partial charge in [-0.15, -0.1) is 0 Å². The number of anilines is 3. The maximum Gasteiger partial charge on any atom is 0.260 e. The zero-order valence-electron chi connectivity index (χ0n) is 24.0. The number of para-hydroxylation sites is 1. The maximum atomic E-state index is 13.5. The second-order valence-corrected chi connectivity index (χ2v) is 12.2. The van der Waals surface area contributed by atoms with Gasteiger partial charge in [0.1, 0.15) is 22.9 Å². The Labute approximate surface area is 231 Å². The molecule has 0 radical (unpaired) electrons. The number of benzene rings is 2. The Morgan fingerprint density at radius 1 is 0.974 bits per heavy atom. The first-order chi connectivity index (χ1) is 18.2. The van der Waals surface area contributed by atoms with E-state index in [1.165, 1.54) is 23.1 Å². The Morgan fingerprint density at radius 2 is 1.67 bits per heavy atom. The fourth-order valence-corrected chi connectivity index (χ4v) is 5.14. The monoisotopic (exact) mass is 537 g/mol. The first kappa shape index (κ1) is 29.9. The van der Waals surface area contributed by atoms with E-state index in [9.17, 15) is 24.9 Å². The maximum absolute atomic E-state index is 13.5. The molecule has 0 fully saturated rings. The van der Waals surface area contributed by atoms with Crippen molar-refractivity contribution in [1.29, 1.82) is 0 Å². The number of amides is 2. The zero-order chi connectivity index (χ0) is 29.0. The number of aromatic hydroxyl groups is 3. The van der Waals surface area contributed by atoms with Crippen molar-refractivity contribution in [1.82, 2.24) is 5.32 Å². The fraction of sp³-hybridized carbons (Fsp3) is 0.484. The lowest BCUT2D eigenvalue weighted by Gasteiger charge is -2.32. The average molecular weight is 538 g/mol. The second kappa shape index (κ2) is 12.0. The van der Waals surface area contributed by atoms with E-state index in [1.54, 1.807) is 19.1 Å². The molecular formula is C31H43N3O5. The molecule has 1 aliphatic heterocycles. The fourth-order valence-electron chi connectivity index (χ4n) is 5.14. The highest BCUT2D eigenvalue weighted by Gasteiger charge is 2.30. The van der Waals surface area contributed by atoms with Crippen LogP contribution in [0.1, 0.15) is 90.4 Å². The molecule has 0 bridgehead atoms. The smallest absolute Gasteiger partial charge is 0.260 e. The molecule has 2 aromatic rings. The van der Waals surface area contributed by atoms with Crippen LogP contribution in [0.2, 0.25) is 0 Å². The van der Waals surface area contributed by atoms with Crippen molar-refractivity contribution in [2.75, 3.05) is 16.8 Å². The van der Waals surface area contributed by atoms with Gasteiger partial charge in [0.05, 0.1) is 16.9 Å². The molecule has 3 rings (SSSR count). The van der Waals surface area contributed by atoms with Gasteiger partial charge in [0.2, 0.25) is 5.91 Å². The van der Waals surface area contributed by atoms with Crippen molar-refractivity contribution in [3.63, 3.8) is 0 Å². The van der Waals surface area contributed by atoms with Crippen LogP contribution in [0.25, 0.3) is 0 Å². The van der Waals surface area contributed by atoms with Crippen LogP contribution in [0.3, 0.4) is 0 Å². The molecule has 0 saturated carbocycles. The SMILES string of the molecule is CC(=O)NC(C)(CCC/C(C)=C/CN1C(=O)c2cccc(O)c2Nc2c(O)cc(O)cc21)CCCC(C)(C)C. The second-order valence-electron chi connectivity index (χ2n) is 12.2. The molecule has 8 nitrogen and oxygen atoms in total. The van der Waals surface area contributed by atoms with E-state index in [4.69, 9.17) is 0 Å². The minimum atomic E-state index is -0.363. The predicted molar refractivity (Wildman–Crippen MR) is 156 cm³/mol. The summed E-state index contributed by atoms with van der Waals surface area (Å²) in [6.07, 6.45) is 7.52. The summed E-state index contributed by atoms with van der Waals surface area (Å²) in [6.45, 7) is 12.6. The van der Waals surface area contributed by atoms with Gasteiger partial charge in [-0.2, -0.15) is 0 Å². The molecule has 0 saturated heterocycles. The summed E-state index contributed by atoms with van der Waals surface area (Å²) in [4.78, 5) is 26.9. The van der Waals surface area contributed by atoms with Gasteiger partial charge in [-0.25, -0.2) is 0 Å². The van der Waals surface area contributed by atoms with E-state index >= 15 is 0 Å². The number of allylic oxidation sites excluding steroid dienone is 1. The van der Waals surface area contributed by atoms with E-state index in [2.05, 4.69) is 38.3 Å².